The molecule has 7 rings (SSSR count). The van der Waals surface area contributed by atoms with E-state index >= 15 is 0 Å². The van der Waals surface area contributed by atoms with Gasteiger partial charge in [-0.25, -0.2) is 0 Å². The first-order chi connectivity index (χ1) is 18.8. The van der Waals surface area contributed by atoms with Crippen LogP contribution in [0.1, 0.15) is 33.0 Å². The summed E-state index contributed by atoms with van der Waals surface area (Å²) in [7, 11) is 0. The average molecular weight is 558 g/mol. The molecule has 2 amide bonds. The van der Waals surface area contributed by atoms with Crippen molar-refractivity contribution in [2.75, 3.05) is 9.80 Å². The number of hydrogen-bond donors (Lipinski definition) is 0. The molecule has 0 saturated heterocycles. The van der Waals surface area contributed by atoms with Crippen molar-refractivity contribution < 1.29 is 18.5 Å². The Morgan fingerprint density at radius 2 is 1.72 bits per heavy atom. The van der Waals surface area contributed by atoms with Crippen LogP contribution in [0.15, 0.2) is 86.5 Å². The van der Waals surface area contributed by atoms with Crippen LogP contribution in [0.25, 0.3) is 11.0 Å². The Morgan fingerprint density at radius 1 is 0.949 bits per heavy atom. The van der Waals surface area contributed by atoms with E-state index in [-0.39, 0.29) is 34.7 Å². The van der Waals surface area contributed by atoms with Crippen LogP contribution < -0.4 is 15.2 Å². The molecule has 1 atom stereocenters. The predicted molar refractivity (Wildman–Crippen MR) is 145 cm³/mol. The second-order valence-corrected chi connectivity index (χ2v) is 10.3. The van der Waals surface area contributed by atoms with Crippen molar-refractivity contribution in [2.24, 2.45) is 0 Å². The van der Waals surface area contributed by atoms with E-state index in [0.717, 1.165) is 0 Å². The van der Waals surface area contributed by atoms with Crippen LogP contribution in [-0.4, -0.2) is 17.0 Å². The van der Waals surface area contributed by atoms with Gasteiger partial charge in [0.15, 0.2) is 16.8 Å². The Bertz CT molecular complexity index is 1930. The number of rotatable bonds is 3. The van der Waals surface area contributed by atoms with Crippen LogP contribution in [0.2, 0.25) is 10.0 Å². The molecule has 0 radical (unpaired) electrons. The standard InChI is InChI=1S/C29H17Cl2N3O5/c1-15-12-23(32-39-15)34-27(36)26-24(25(35)18-13-17(30)10-11-22(18)38-26)29(34)19-7-3-5-9-21(19)33(28(29)37)14-16-6-2-4-8-20(16)31/h2-13H,14H2,1H3. The lowest BCUT2D eigenvalue weighted by molar-refractivity contribution is -0.121. The van der Waals surface area contributed by atoms with E-state index in [1.807, 2.05) is 12.1 Å². The van der Waals surface area contributed by atoms with Gasteiger partial charge in [0.2, 0.25) is 5.76 Å². The van der Waals surface area contributed by atoms with E-state index in [4.69, 9.17) is 32.1 Å². The van der Waals surface area contributed by atoms with Crippen molar-refractivity contribution in [2.45, 2.75) is 19.0 Å². The van der Waals surface area contributed by atoms with Crippen molar-refractivity contribution in [3.63, 3.8) is 0 Å². The van der Waals surface area contributed by atoms with Crippen molar-refractivity contribution in [3.05, 3.63) is 121 Å². The van der Waals surface area contributed by atoms with Gasteiger partial charge in [0.1, 0.15) is 11.3 Å². The molecule has 0 bridgehead atoms. The number of nitrogens with zero attached hydrogens (tertiary/aromatic N) is 3. The summed E-state index contributed by atoms with van der Waals surface area (Å²) in [5, 5.41) is 5.02. The lowest BCUT2D eigenvalue weighted by Gasteiger charge is -2.32. The molecular formula is C29H17Cl2N3O5. The van der Waals surface area contributed by atoms with Gasteiger partial charge in [-0.1, -0.05) is 64.8 Å². The highest BCUT2D eigenvalue weighted by Crippen LogP contribution is 2.54. The summed E-state index contributed by atoms with van der Waals surface area (Å²) in [5.74, 6) is -0.946. The number of para-hydroxylation sites is 1. The Hall–Kier alpha value is -4.40. The summed E-state index contributed by atoms with van der Waals surface area (Å²) in [5.41, 5.74) is -0.691. The van der Waals surface area contributed by atoms with Crippen molar-refractivity contribution >= 4 is 57.5 Å². The predicted octanol–water partition coefficient (Wildman–Crippen LogP) is 5.85. The summed E-state index contributed by atoms with van der Waals surface area (Å²) in [6.45, 7) is 1.78. The topological polar surface area (TPSA) is 96.9 Å². The quantitative estimate of drug-likeness (QED) is 0.276. The molecule has 39 heavy (non-hydrogen) atoms. The first kappa shape index (κ1) is 23.7. The Labute approximate surface area is 230 Å². The zero-order valence-electron chi connectivity index (χ0n) is 20.3. The summed E-state index contributed by atoms with van der Waals surface area (Å²) in [6.07, 6.45) is 0. The maximum Gasteiger partial charge on any atom is 0.297 e. The highest BCUT2D eigenvalue weighted by Gasteiger charge is 2.66. The molecule has 192 valence electrons. The smallest absolute Gasteiger partial charge is 0.297 e. The fourth-order valence-electron chi connectivity index (χ4n) is 5.59. The lowest BCUT2D eigenvalue weighted by atomic mass is 9.84. The Morgan fingerprint density at radius 3 is 2.49 bits per heavy atom. The average Bonchev–Trinajstić information content (AvgIpc) is 3.54. The maximum absolute atomic E-state index is 14.8. The molecule has 0 N–H and O–H groups in total. The van der Waals surface area contributed by atoms with E-state index in [9.17, 15) is 14.4 Å². The van der Waals surface area contributed by atoms with Gasteiger partial charge in [0.25, 0.3) is 11.8 Å². The summed E-state index contributed by atoms with van der Waals surface area (Å²) >= 11 is 12.7. The zero-order chi connectivity index (χ0) is 27.1. The third-order valence-corrected chi connectivity index (χ3v) is 7.82. The van der Waals surface area contributed by atoms with Crippen LogP contribution in [0.3, 0.4) is 0 Å². The van der Waals surface area contributed by atoms with E-state index in [2.05, 4.69) is 5.16 Å². The van der Waals surface area contributed by atoms with Gasteiger partial charge in [-0.2, -0.15) is 0 Å². The minimum Gasteiger partial charge on any atom is -0.450 e. The SMILES string of the molecule is Cc1cc(N2C(=O)c3oc4ccc(Cl)cc4c(=O)c3C23C(=O)N(Cc2ccccc2Cl)c2ccccc23)no1. The molecule has 3 aromatic carbocycles. The number of anilines is 2. The molecule has 5 aromatic rings. The molecular weight excluding hydrogens is 541 g/mol. The first-order valence-electron chi connectivity index (χ1n) is 12.0. The molecule has 10 heteroatoms. The molecule has 0 saturated carbocycles. The molecule has 2 aliphatic rings. The van der Waals surface area contributed by atoms with Crippen LogP contribution in [0, 0.1) is 6.92 Å². The number of carbonyl (C=O) groups is 2. The van der Waals surface area contributed by atoms with Gasteiger partial charge in [0, 0.05) is 21.7 Å². The third kappa shape index (κ3) is 3.13. The van der Waals surface area contributed by atoms with Gasteiger partial charge >= 0.3 is 0 Å². The van der Waals surface area contributed by atoms with Gasteiger partial charge < -0.3 is 13.8 Å². The maximum atomic E-state index is 14.8. The van der Waals surface area contributed by atoms with Gasteiger partial charge in [0.05, 0.1) is 23.2 Å². The molecule has 2 aromatic heterocycles. The first-order valence-corrected chi connectivity index (χ1v) is 12.8. The molecule has 0 aliphatic carbocycles. The van der Waals surface area contributed by atoms with Gasteiger partial charge in [-0.3, -0.25) is 19.3 Å². The summed E-state index contributed by atoms with van der Waals surface area (Å²) < 4.78 is 11.3. The van der Waals surface area contributed by atoms with Gasteiger partial charge in [-0.05, 0) is 42.8 Å². The van der Waals surface area contributed by atoms with Crippen molar-refractivity contribution in [1.29, 1.82) is 0 Å². The fraction of sp³-hybridized carbons (Fsp3) is 0.103. The van der Waals surface area contributed by atoms with Crippen LogP contribution in [0.4, 0.5) is 11.5 Å². The number of aromatic nitrogens is 1. The molecule has 1 spiro atoms. The molecule has 0 fully saturated rings. The number of halogens is 2. The fourth-order valence-corrected chi connectivity index (χ4v) is 5.96. The normalized spacial score (nSPS) is 17.9. The summed E-state index contributed by atoms with van der Waals surface area (Å²) in [6, 6.07) is 20.3. The minimum atomic E-state index is -1.90. The number of aryl methyl sites for hydroxylation is 1. The van der Waals surface area contributed by atoms with Crippen LogP contribution in [0.5, 0.6) is 0 Å². The lowest BCUT2D eigenvalue weighted by Crippen LogP contribution is -2.53. The molecule has 4 heterocycles. The minimum absolute atomic E-state index is 0.0770. The number of hydrogen-bond acceptors (Lipinski definition) is 6. The van der Waals surface area contributed by atoms with Crippen molar-refractivity contribution in [1.82, 2.24) is 5.16 Å². The van der Waals surface area contributed by atoms with E-state index in [1.54, 1.807) is 55.5 Å². The van der Waals surface area contributed by atoms with E-state index in [1.165, 1.54) is 21.9 Å². The number of benzene rings is 3. The van der Waals surface area contributed by atoms with Gasteiger partial charge in [-0.15, -0.1) is 0 Å². The Balaban J connectivity index is 1.57. The number of amides is 2. The van der Waals surface area contributed by atoms with E-state index < -0.39 is 22.8 Å². The third-order valence-electron chi connectivity index (χ3n) is 7.22. The molecule has 8 nitrogen and oxygen atoms in total. The highest BCUT2D eigenvalue weighted by atomic mass is 35.5. The van der Waals surface area contributed by atoms with Crippen LogP contribution >= 0.6 is 23.2 Å². The van der Waals surface area contributed by atoms with E-state index in [0.29, 0.717) is 32.6 Å². The van der Waals surface area contributed by atoms with Crippen LogP contribution in [-0.2, 0) is 16.9 Å². The highest BCUT2D eigenvalue weighted by molar-refractivity contribution is 6.32. The molecule has 1 unspecified atom stereocenters. The second-order valence-electron chi connectivity index (χ2n) is 9.42. The monoisotopic (exact) mass is 557 g/mol. The Kier molecular flexibility index (Phi) is 5.04. The summed E-state index contributed by atoms with van der Waals surface area (Å²) in [4.78, 5) is 45.8. The van der Waals surface area contributed by atoms with Crippen molar-refractivity contribution in [3.8, 4) is 0 Å². The molecule has 2 aliphatic heterocycles. The zero-order valence-corrected chi connectivity index (χ0v) is 21.8. The largest absolute Gasteiger partial charge is 0.450 e. The second kappa shape index (κ2) is 8.30. The number of fused-ring (bicyclic) bond motifs is 5. The number of carbonyl (C=O) groups excluding carboxylic acids is 2.